The number of carboxylic acid groups (broad SMARTS) is 1. The van der Waals surface area contributed by atoms with E-state index in [1.807, 2.05) is 0 Å². The number of hydrogen-bond acceptors (Lipinski definition) is 2. The minimum absolute atomic E-state index is 0.00759. The van der Waals surface area contributed by atoms with Gasteiger partial charge in [-0.05, 0) is 32.1 Å². The summed E-state index contributed by atoms with van der Waals surface area (Å²) < 4.78 is 12.2. The molecule has 0 aromatic heterocycles. The van der Waals surface area contributed by atoms with Gasteiger partial charge in [0.15, 0.2) is 0 Å². The summed E-state index contributed by atoms with van der Waals surface area (Å²) in [5, 5.41) is 8.90. The first-order valence-corrected chi connectivity index (χ1v) is 8.91. The van der Waals surface area contributed by atoms with Gasteiger partial charge in [-0.15, -0.1) is 11.6 Å². The first-order chi connectivity index (χ1) is 8.72. The molecule has 0 radical (unpaired) electrons. The SMILES string of the molecule is C/C(CCCCCCl)=C(\C(=O)O)P(=O)(O)CC(C)C. The minimum Gasteiger partial charge on any atom is -0.477 e. The standard InChI is InChI=1S/C13H24ClO4P/c1-10(2)9-19(17,18)12(13(15)16)11(3)7-5-4-6-8-14/h10H,4-9H2,1-3H3,(H,15,16)(H,17,18)/b12-11-. The number of unbranched alkanes of at least 4 members (excludes halogenated alkanes) is 2. The van der Waals surface area contributed by atoms with Crippen molar-refractivity contribution in [2.45, 2.75) is 46.5 Å². The van der Waals surface area contributed by atoms with Crippen molar-refractivity contribution in [3.8, 4) is 0 Å². The maximum absolute atomic E-state index is 12.2. The summed E-state index contributed by atoms with van der Waals surface area (Å²) in [4.78, 5) is 21.2. The second-order valence-electron chi connectivity index (χ2n) is 5.21. The van der Waals surface area contributed by atoms with Crippen LogP contribution in [-0.2, 0) is 9.36 Å². The van der Waals surface area contributed by atoms with Crippen LogP contribution in [0.3, 0.4) is 0 Å². The molecule has 0 aliphatic rings. The predicted octanol–water partition coefficient (Wildman–Crippen LogP) is 4.07. The molecule has 0 fully saturated rings. The van der Waals surface area contributed by atoms with E-state index in [-0.39, 0.29) is 17.4 Å². The van der Waals surface area contributed by atoms with Gasteiger partial charge in [-0.2, -0.15) is 0 Å². The lowest BCUT2D eigenvalue weighted by atomic mass is 10.1. The van der Waals surface area contributed by atoms with Gasteiger partial charge in [0.2, 0.25) is 7.37 Å². The highest BCUT2D eigenvalue weighted by Crippen LogP contribution is 2.52. The molecule has 19 heavy (non-hydrogen) atoms. The molecule has 0 aliphatic heterocycles. The molecule has 112 valence electrons. The number of hydrogen-bond donors (Lipinski definition) is 2. The first kappa shape index (κ1) is 18.7. The fourth-order valence-electron chi connectivity index (χ4n) is 2.00. The predicted molar refractivity (Wildman–Crippen MR) is 79.1 cm³/mol. The van der Waals surface area contributed by atoms with E-state index >= 15 is 0 Å². The van der Waals surface area contributed by atoms with Crippen molar-refractivity contribution < 1.29 is 19.4 Å². The third-order valence-corrected chi connectivity index (χ3v) is 5.52. The first-order valence-electron chi connectivity index (χ1n) is 6.53. The maximum Gasteiger partial charge on any atom is 0.341 e. The minimum atomic E-state index is -3.77. The Hall–Kier alpha value is -0.310. The van der Waals surface area contributed by atoms with Crippen LogP contribution in [-0.4, -0.2) is 28.0 Å². The number of aliphatic carboxylic acids is 1. The van der Waals surface area contributed by atoms with Gasteiger partial charge in [0.05, 0.1) is 0 Å². The van der Waals surface area contributed by atoms with Crippen LogP contribution in [0.2, 0.25) is 0 Å². The number of allylic oxidation sites excluding steroid dienone is 1. The van der Waals surface area contributed by atoms with Crippen molar-refractivity contribution in [1.29, 1.82) is 0 Å². The number of halogens is 1. The molecule has 0 saturated carbocycles. The van der Waals surface area contributed by atoms with Gasteiger partial charge in [0.25, 0.3) is 0 Å². The van der Waals surface area contributed by atoms with E-state index in [4.69, 9.17) is 11.6 Å². The van der Waals surface area contributed by atoms with E-state index in [0.717, 1.165) is 19.3 Å². The van der Waals surface area contributed by atoms with Crippen LogP contribution in [0.4, 0.5) is 0 Å². The van der Waals surface area contributed by atoms with Gasteiger partial charge < -0.3 is 10.00 Å². The highest BCUT2D eigenvalue weighted by molar-refractivity contribution is 7.63. The molecule has 0 spiro atoms. The summed E-state index contributed by atoms with van der Waals surface area (Å²) in [5.41, 5.74) is 0.508. The normalized spacial score (nSPS) is 16.1. The van der Waals surface area contributed by atoms with Crippen LogP contribution < -0.4 is 0 Å². The topological polar surface area (TPSA) is 74.6 Å². The second-order valence-corrected chi connectivity index (χ2v) is 7.81. The molecule has 0 bridgehead atoms. The van der Waals surface area contributed by atoms with Gasteiger partial charge in [0, 0.05) is 12.0 Å². The van der Waals surface area contributed by atoms with E-state index in [1.165, 1.54) is 0 Å². The molecule has 0 saturated heterocycles. The Bertz CT molecular complexity index is 377. The van der Waals surface area contributed by atoms with Gasteiger partial charge in [-0.25, -0.2) is 4.79 Å². The summed E-state index contributed by atoms with van der Waals surface area (Å²) in [7, 11) is -3.77. The van der Waals surface area contributed by atoms with Crippen LogP contribution >= 0.6 is 19.0 Å². The lowest BCUT2D eigenvalue weighted by molar-refractivity contribution is -0.132. The van der Waals surface area contributed by atoms with Crippen LogP contribution in [0.5, 0.6) is 0 Å². The van der Waals surface area contributed by atoms with Crippen molar-refractivity contribution >= 4 is 24.9 Å². The molecule has 0 aliphatic carbocycles. The zero-order valence-electron chi connectivity index (χ0n) is 11.9. The molecule has 6 heteroatoms. The largest absolute Gasteiger partial charge is 0.477 e. The zero-order valence-corrected chi connectivity index (χ0v) is 13.5. The van der Waals surface area contributed by atoms with Crippen LogP contribution in [0.25, 0.3) is 0 Å². The van der Waals surface area contributed by atoms with E-state index in [1.54, 1.807) is 20.8 Å². The van der Waals surface area contributed by atoms with Gasteiger partial charge >= 0.3 is 5.97 Å². The van der Waals surface area contributed by atoms with E-state index in [9.17, 15) is 19.4 Å². The van der Waals surface area contributed by atoms with Gasteiger partial charge in [-0.1, -0.05) is 25.8 Å². The number of carbonyl (C=O) groups is 1. The highest BCUT2D eigenvalue weighted by Gasteiger charge is 2.32. The fraction of sp³-hybridized carbons (Fsp3) is 0.769. The molecule has 2 N–H and O–H groups in total. The summed E-state index contributed by atoms with van der Waals surface area (Å²) in [6, 6.07) is 0. The maximum atomic E-state index is 12.2. The molecule has 0 rings (SSSR count). The molecule has 4 nitrogen and oxygen atoms in total. The third-order valence-electron chi connectivity index (χ3n) is 2.75. The van der Waals surface area contributed by atoms with Gasteiger partial charge in [0.1, 0.15) is 5.31 Å². The molecule has 1 atom stereocenters. The van der Waals surface area contributed by atoms with E-state index < -0.39 is 13.3 Å². The van der Waals surface area contributed by atoms with Crippen molar-refractivity contribution in [2.24, 2.45) is 5.92 Å². The monoisotopic (exact) mass is 310 g/mol. The molecular weight excluding hydrogens is 287 g/mol. The molecule has 0 aromatic rings. The van der Waals surface area contributed by atoms with Crippen molar-refractivity contribution in [1.82, 2.24) is 0 Å². The Labute approximate surface area is 120 Å². The second kappa shape index (κ2) is 8.78. The molecule has 0 aromatic carbocycles. The lowest BCUT2D eigenvalue weighted by Gasteiger charge is -2.17. The molecule has 1 unspecified atom stereocenters. The average molecular weight is 311 g/mol. The average Bonchev–Trinajstić information content (AvgIpc) is 2.21. The van der Waals surface area contributed by atoms with Crippen LogP contribution in [0, 0.1) is 5.92 Å². The molecule has 0 heterocycles. The van der Waals surface area contributed by atoms with Crippen LogP contribution in [0.15, 0.2) is 10.9 Å². The zero-order chi connectivity index (χ0) is 15.1. The van der Waals surface area contributed by atoms with Crippen molar-refractivity contribution in [3.05, 3.63) is 10.9 Å². The molecule has 0 amide bonds. The summed E-state index contributed by atoms with van der Waals surface area (Å²) >= 11 is 5.57. The molecular formula is C13H24ClO4P. The Kier molecular flexibility index (Phi) is 8.64. The lowest BCUT2D eigenvalue weighted by Crippen LogP contribution is -2.09. The quantitative estimate of drug-likeness (QED) is 0.291. The fourth-order valence-corrected chi connectivity index (χ4v) is 4.36. The number of alkyl halides is 1. The van der Waals surface area contributed by atoms with E-state index in [2.05, 4.69) is 0 Å². The van der Waals surface area contributed by atoms with Crippen molar-refractivity contribution in [3.63, 3.8) is 0 Å². The Morgan fingerprint density at radius 1 is 1.26 bits per heavy atom. The Morgan fingerprint density at radius 2 is 1.84 bits per heavy atom. The number of rotatable bonds is 9. The summed E-state index contributed by atoms with van der Waals surface area (Å²) in [6.45, 7) is 5.24. The Morgan fingerprint density at radius 3 is 2.26 bits per heavy atom. The number of carboxylic acids is 1. The summed E-state index contributed by atoms with van der Waals surface area (Å²) in [5.74, 6) is -0.712. The summed E-state index contributed by atoms with van der Waals surface area (Å²) in [6.07, 6.45) is 3.10. The van der Waals surface area contributed by atoms with Gasteiger partial charge in [-0.3, -0.25) is 4.57 Å². The van der Waals surface area contributed by atoms with Crippen molar-refractivity contribution in [2.75, 3.05) is 12.0 Å². The third kappa shape index (κ3) is 7.14. The smallest absolute Gasteiger partial charge is 0.341 e. The van der Waals surface area contributed by atoms with E-state index in [0.29, 0.717) is 17.9 Å². The van der Waals surface area contributed by atoms with Crippen LogP contribution in [0.1, 0.15) is 46.5 Å². The highest BCUT2D eigenvalue weighted by atomic mass is 35.5. The Balaban J connectivity index is 4.96.